The van der Waals surface area contributed by atoms with Crippen LogP contribution in [0.3, 0.4) is 0 Å². The van der Waals surface area contributed by atoms with Crippen LogP contribution in [0.2, 0.25) is 0 Å². The highest BCUT2D eigenvalue weighted by atomic mass is 32.2. The maximum absolute atomic E-state index is 12.2. The van der Waals surface area contributed by atoms with Gasteiger partial charge in [0.2, 0.25) is 10.0 Å². The lowest BCUT2D eigenvalue weighted by molar-refractivity contribution is 0.214. The number of anilines is 1. The van der Waals surface area contributed by atoms with E-state index in [1.807, 2.05) is 26.0 Å². The van der Waals surface area contributed by atoms with Crippen molar-refractivity contribution in [2.75, 3.05) is 44.7 Å². The summed E-state index contributed by atoms with van der Waals surface area (Å²) < 4.78 is 26.7. The Hall–Kier alpha value is -1.15. The van der Waals surface area contributed by atoms with Crippen molar-refractivity contribution in [2.24, 2.45) is 5.73 Å². The number of hydrogen-bond donors (Lipinski definition) is 2. The molecule has 1 aromatic rings. The Balaban J connectivity index is 2.13. The minimum Gasteiger partial charge on any atom is -0.368 e. The number of hydrogen-bond acceptors (Lipinski definition) is 5. The van der Waals surface area contributed by atoms with Crippen LogP contribution in [0, 0.1) is 0 Å². The molecule has 1 aromatic carbocycles. The molecule has 0 saturated carbocycles. The Kier molecular flexibility index (Phi) is 5.11. The summed E-state index contributed by atoms with van der Waals surface area (Å²) in [4.78, 5) is 4.79. The average molecular weight is 326 g/mol. The van der Waals surface area contributed by atoms with Gasteiger partial charge >= 0.3 is 0 Å². The SMILES string of the molecule is CNS(=O)(=O)c1ccccc1N1CCN(CC(C)(C)N)CC1. The fraction of sp³-hybridized carbons (Fsp3) is 0.600. The number of rotatable bonds is 5. The molecule has 0 unspecified atom stereocenters. The standard InChI is InChI=1S/C15H26N4O2S/c1-15(2,16)12-18-8-10-19(11-9-18)13-6-4-5-7-14(13)22(20,21)17-3/h4-7,17H,8-12,16H2,1-3H3. The number of benzene rings is 1. The van der Waals surface area contributed by atoms with E-state index in [4.69, 9.17) is 5.73 Å². The van der Waals surface area contributed by atoms with Crippen molar-refractivity contribution < 1.29 is 8.42 Å². The highest BCUT2D eigenvalue weighted by Gasteiger charge is 2.25. The normalized spacial score (nSPS) is 17.7. The molecule has 22 heavy (non-hydrogen) atoms. The van der Waals surface area contributed by atoms with E-state index in [0.717, 1.165) is 38.4 Å². The third kappa shape index (κ3) is 4.19. The van der Waals surface area contributed by atoms with E-state index in [1.165, 1.54) is 7.05 Å². The van der Waals surface area contributed by atoms with Crippen molar-refractivity contribution >= 4 is 15.7 Å². The molecule has 2 rings (SSSR count). The van der Waals surface area contributed by atoms with Gasteiger partial charge in [-0.05, 0) is 33.0 Å². The quantitative estimate of drug-likeness (QED) is 0.821. The van der Waals surface area contributed by atoms with E-state index in [9.17, 15) is 8.42 Å². The lowest BCUT2D eigenvalue weighted by Crippen LogP contribution is -2.53. The molecule has 0 aliphatic carbocycles. The van der Waals surface area contributed by atoms with Crippen molar-refractivity contribution in [3.63, 3.8) is 0 Å². The van der Waals surface area contributed by atoms with Crippen LogP contribution in [0.25, 0.3) is 0 Å². The molecule has 6 nitrogen and oxygen atoms in total. The van der Waals surface area contributed by atoms with Crippen LogP contribution in [0.15, 0.2) is 29.2 Å². The molecular formula is C15H26N4O2S. The van der Waals surface area contributed by atoms with Gasteiger partial charge in [-0.3, -0.25) is 4.90 Å². The second-order valence-corrected chi connectivity index (χ2v) is 8.28. The topological polar surface area (TPSA) is 78.7 Å². The Morgan fingerprint density at radius 2 is 1.77 bits per heavy atom. The third-order valence-corrected chi connectivity index (χ3v) is 5.23. The van der Waals surface area contributed by atoms with Gasteiger partial charge < -0.3 is 10.6 Å². The minimum absolute atomic E-state index is 0.213. The Labute approximate surface area is 133 Å². The van der Waals surface area contributed by atoms with Gasteiger partial charge in [0, 0.05) is 38.3 Å². The monoisotopic (exact) mass is 326 g/mol. The largest absolute Gasteiger partial charge is 0.368 e. The first-order chi connectivity index (χ1) is 10.2. The zero-order valence-electron chi connectivity index (χ0n) is 13.5. The number of para-hydroxylation sites is 1. The van der Waals surface area contributed by atoms with Gasteiger partial charge in [0.05, 0.1) is 5.69 Å². The van der Waals surface area contributed by atoms with Gasteiger partial charge in [0.15, 0.2) is 0 Å². The first-order valence-corrected chi connectivity index (χ1v) is 9.00. The predicted octanol–water partition coefficient (Wildman–Crippen LogP) is 0.454. The molecule has 124 valence electrons. The number of sulfonamides is 1. The molecule has 0 aromatic heterocycles. The van der Waals surface area contributed by atoms with Gasteiger partial charge in [-0.2, -0.15) is 0 Å². The molecule has 1 heterocycles. The number of nitrogens with one attached hydrogen (secondary N) is 1. The molecule has 1 aliphatic heterocycles. The molecule has 0 spiro atoms. The first-order valence-electron chi connectivity index (χ1n) is 7.52. The second-order valence-electron chi connectivity index (χ2n) is 6.43. The summed E-state index contributed by atoms with van der Waals surface area (Å²) in [7, 11) is -2.01. The van der Waals surface area contributed by atoms with E-state index in [0.29, 0.717) is 4.90 Å². The van der Waals surface area contributed by atoms with Crippen molar-refractivity contribution in [3.8, 4) is 0 Å². The van der Waals surface area contributed by atoms with Crippen LogP contribution < -0.4 is 15.4 Å². The van der Waals surface area contributed by atoms with Gasteiger partial charge in [0.1, 0.15) is 4.90 Å². The zero-order valence-corrected chi connectivity index (χ0v) is 14.4. The summed E-state index contributed by atoms with van der Waals surface area (Å²) in [5.74, 6) is 0. The van der Waals surface area contributed by atoms with Gasteiger partial charge in [-0.1, -0.05) is 12.1 Å². The zero-order chi connectivity index (χ0) is 16.4. The number of piperazine rings is 1. The summed E-state index contributed by atoms with van der Waals surface area (Å²) in [6.07, 6.45) is 0. The molecular weight excluding hydrogens is 300 g/mol. The Morgan fingerprint density at radius 3 is 2.32 bits per heavy atom. The molecule has 0 radical (unpaired) electrons. The first kappa shape index (κ1) is 17.2. The van der Waals surface area contributed by atoms with E-state index in [2.05, 4.69) is 14.5 Å². The van der Waals surface area contributed by atoms with Crippen LogP contribution >= 0.6 is 0 Å². The molecule has 0 atom stereocenters. The van der Waals surface area contributed by atoms with Crippen LogP contribution in [0.5, 0.6) is 0 Å². The van der Waals surface area contributed by atoms with E-state index < -0.39 is 10.0 Å². The highest BCUT2D eigenvalue weighted by molar-refractivity contribution is 7.89. The minimum atomic E-state index is -3.45. The van der Waals surface area contributed by atoms with Gasteiger partial charge in [-0.25, -0.2) is 13.1 Å². The van der Waals surface area contributed by atoms with Crippen LogP contribution in [-0.4, -0.2) is 58.6 Å². The summed E-state index contributed by atoms with van der Waals surface area (Å²) in [5.41, 5.74) is 6.62. The molecule has 3 N–H and O–H groups in total. The Bertz CT molecular complexity index is 602. The maximum Gasteiger partial charge on any atom is 0.242 e. The third-order valence-electron chi connectivity index (χ3n) is 3.77. The maximum atomic E-state index is 12.2. The van der Waals surface area contributed by atoms with Crippen LogP contribution in [0.1, 0.15) is 13.8 Å². The number of nitrogens with zero attached hydrogens (tertiary/aromatic N) is 2. The van der Waals surface area contributed by atoms with Crippen LogP contribution in [-0.2, 0) is 10.0 Å². The molecule has 0 amide bonds. The van der Waals surface area contributed by atoms with Crippen molar-refractivity contribution in [2.45, 2.75) is 24.3 Å². The van der Waals surface area contributed by atoms with Crippen molar-refractivity contribution in [3.05, 3.63) is 24.3 Å². The molecule has 1 aliphatic rings. The van der Waals surface area contributed by atoms with Crippen molar-refractivity contribution in [1.82, 2.24) is 9.62 Å². The predicted molar refractivity (Wildman–Crippen MR) is 89.6 cm³/mol. The summed E-state index contributed by atoms with van der Waals surface area (Å²) >= 11 is 0. The smallest absolute Gasteiger partial charge is 0.242 e. The van der Waals surface area contributed by atoms with Crippen molar-refractivity contribution in [1.29, 1.82) is 0 Å². The van der Waals surface area contributed by atoms with E-state index in [1.54, 1.807) is 12.1 Å². The molecule has 0 bridgehead atoms. The van der Waals surface area contributed by atoms with Crippen LogP contribution in [0.4, 0.5) is 5.69 Å². The second kappa shape index (κ2) is 6.54. The molecule has 1 saturated heterocycles. The Morgan fingerprint density at radius 1 is 1.18 bits per heavy atom. The summed E-state index contributed by atoms with van der Waals surface area (Å²) in [6.45, 7) is 8.25. The molecule has 7 heteroatoms. The fourth-order valence-corrected chi connectivity index (χ4v) is 3.73. The summed E-state index contributed by atoms with van der Waals surface area (Å²) in [6, 6.07) is 7.14. The number of nitrogens with two attached hydrogens (primary N) is 1. The van der Waals surface area contributed by atoms with E-state index >= 15 is 0 Å². The van der Waals surface area contributed by atoms with E-state index in [-0.39, 0.29) is 5.54 Å². The lowest BCUT2D eigenvalue weighted by Gasteiger charge is -2.39. The molecule has 1 fully saturated rings. The highest BCUT2D eigenvalue weighted by Crippen LogP contribution is 2.25. The lowest BCUT2D eigenvalue weighted by atomic mass is 10.1. The van der Waals surface area contributed by atoms with Gasteiger partial charge in [-0.15, -0.1) is 0 Å². The van der Waals surface area contributed by atoms with Gasteiger partial charge in [0.25, 0.3) is 0 Å². The average Bonchev–Trinajstić information content (AvgIpc) is 2.46. The summed E-state index contributed by atoms with van der Waals surface area (Å²) in [5, 5.41) is 0. The fourth-order valence-electron chi connectivity index (χ4n) is 2.78.